The summed E-state index contributed by atoms with van der Waals surface area (Å²) in [5, 5.41) is 2.08. The average Bonchev–Trinajstić information content (AvgIpc) is 3.48. The summed E-state index contributed by atoms with van der Waals surface area (Å²) in [6.07, 6.45) is -1.40. The zero-order valence-corrected chi connectivity index (χ0v) is 24.8. The van der Waals surface area contributed by atoms with Crippen LogP contribution in [0.1, 0.15) is 39.9 Å². The fourth-order valence-electron chi connectivity index (χ4n) is 5.73. The van der Waals surface area contributed by atoms with Gasteiger partial charge in [0.15, 0.2) is 5.75 Å². The number of carbonyl (C=O) groups is 2. The molecule has 1 unspecified atom stereocenters. The Hall–Kier alpha value is -4.71. The summed E-state index contributed by atoms with van der Waals surface area (Å²) < 4.78 is 83.2. The molecule has 45 heavy (non-hydrogen) atoms. The molecule has 1 aliphatic rings. The predicted molar refractivity (Wildman–Crippen MR) is 159 cm³/mol. The van der Waals surface area contributed by atoms with Gasteiger partial charge in [-0.25, -0.2) is 13.8 Å². The number of fused-ring (bicyclic) bond motifs is 4. The normalized spacial score (nSPS) is 14.8. The molecule has 0 saturated carbocycles. The molecule has 6 rings (SSSR count). The Morgan fingerprint density at radius 2 is 1.89 bits per heavy atom. The zero-order valence-electron chi connectivity index (χ0n) is 24.0. The minimum Gasteiger partial charge on any atom is -0.487 e. The number of pyridine rings is 1. The van der Waals surface area contributed by atoms with Crippen molar-refractivity contribution >= 4 is 45.5 Å². The number of benzene rings is 2. The summed E-state index contributed by atoms with van der Waals surface area (Å²) in [7, 11) is 1.62. The number of carbonyl (C=O) groups excluding carboxylic acids is 2. The van der Waals surface area contributed by atoms with Crippen molar-refractivity contribution in [3.05, 3.63) is 94.6 Å². The molecule has 0 aliphatic carbocycles. The van der Waals surface area contributed by atoms with E-state index >= 15 is 0 Å². The topological polar surface area (TPSA) is 77.6 Å². The van der Waals surface area contributed by atoms with Crippen LogP contribution in [0.15, 0.2) is 54.7 Å². The second kappa shape index (κ2) is 11.0. The highest BCUT2D eigenvalue weighted by molar-refractivity contribution is 6.19. The van der Waals surface area contributed by atoms with Crippen LogP contribution in [-0.2, 0) is 24.4 Å². The van der Waals surface area contributed by atoms with E-state index in [0.29, 0.717) is 16.9 Å². The molecule has 232 valence electrons. The molecule has 1 amide bonds. The maximum Gasteiger partial charge on any atom is 0.417 e. The molecule has 0 fully saturated rings. The molecule has 1 aliphatic heterocycles. The number of hydrogen-bond donors (Lipinski definition) is 1. The largest absolute Gasteiger partial charge is 0.487 e. The van der Waals surface area contributed by atoms with Crippen molar-refractivity contribution < 1.29 is 36.3 Å². The molecule has 3 aromatic heterocycles. The van der Waals surface area contributed by atoms with Gasteiger partial charge in [-0.2, -0.15) is 13.2 Å². The standard InChI is InChI=1S/C32H24ClF5N4O3/c1-15-10-17-13-24(30(44)18-11-21(34)27(22(35)12-18)40-25(43)7-4-8-33)42-9-5-6-19(29(17)42)26-20(32(36,37)38)14-23-28(31(26)45-15)39-16(2)41(23)3/h4-7,9,11-15H,8,10H2,1-3H3,(H,40,43)/b7-4+. The summed E-state index contributed by atoms with van der Waals surface area (Å²) in [5.74, 6) is -3.49. The van der Waals surface area contributed by atoms with Crippen molar-refractivity contribution in [1.82, 2.24) is 14.0 Å². The van der Waals surface area contributed by atoms with Crippen LogP contribution in [0, 0.1) is 18.6 Å². The zero-order chi connectivity index (χ0) is 32.4. The summed E-state index contributed by atoms with van der Waals surface area (Å²) in [5.41, 5.74) is -0.772. The molecular weight excluding hydrogens is 619 g/mol. The first-order valence-electron chi connectivity index (χ1n) is 13.7. The van der Waals surface area contributed by atoms with Gasteiger partial charge in [-0.15, -0.1) is 11.6 Å². The van der Waals surface area contributed by atoms with Crippen LogP contribution >= 0.6 is 11.6 Å². The molecule has 0 radical (unpaired) electrons. The third-order valence-corrected chi connectivity index (χ3v) is 7.95. The van der Waals surface area contributed by atoms with Crippen molar-refractivity contribution in [3.8, 4) is 16.9 Å². The highest BCUT2D eigenvalue weighted by Crippen LogP contribution is 2.49. The smallest absolute Gasteiger partial charge is 0.417 e. The molecule has 1 N–H and O–H groups in total. The molecule has 5 aromatic rings. The second-order valence-electron chi connectivity index (χ2n) is 10.7. The highest BCUT2D eigenvalue weighted by Gasteiger charge is 2.39. The number of rotatable bonds is 5. The quantitative estimate of drug-likeness (QED) is 0.0939. The fraction of sp³-hybridized carbons (Fsp3) is 0.219. The summed E-state index contributed by atoms with van der Waals surface area (Å²) in [4.78, 5) is 30.2. The maximum atomic E-state index is 15.0. The Bertz CT molecular complexity index is 2060. The van der Waals surface area contributed by atoms with Crippen molar-refractivity contribution in [2.45, 2.75) is 32.5 Å². The van der Waals surface area contributed by atoms with Gasteiger partial charge in [0.2, 0.25) is 11.7 Å². The lowest BCUT2D eigenvalue weighted by Crippen LogP contribution is -2.19. The van der Waals surface area contributed by atoms with Crippen LogP contribution < -0.4 is 10.1 Å². The number of halogens is 6. The molecule has 0 bridgehead atoms. The number of aromatic nitrogens is 3. The van der Waals surface area contributed by atoms with E-state index in [1.54, 1.807) is 25.5 Å². The van der Waals surface area contributed by atoms with E-state index in [1.165, 1.54) is 34.9 Å². The monoisotopic (exact) mass is 642 g/mol. The van der Waals surface area contributed by atoms with Crippen LogP contribution in [0.4, 0.5) is 27.6 Å². The van der Waals surface area contributed by atoms with Crippen molar-refractivity contribution in [3.63, 3.8) is 0 Å². The lowest BCUT2D eigenvalue weighted by atomic mass is 9.93. The summed E-state index contributed by atoms with van der Waals surface area (Å²) >= 11 is 5.49. The number of aryl methyl sites for hydroxylation is 2. The maximum absolute atomic E-state index is 15.0. The minimum atomic E-state index is -4.77. The van der Waals surface area contributed by atoms with Gasteiger partial charge in [-0.1, -0.05) is 12.1 Å². The van der Waals surface area contributed by atoms with E-state index in [2.05, 4.69) is 10.3 Å². The summed E-state index contributed by atoms with van der Waals surface area (Å²) in [6.45, 7) is 3.38. The average molecular weight is 643 g/mol. The molecule has 0 spiro atoms. The molecule has 13 heteroatoms. The first-order valence-corrected chi connectivity index (χ1v) is 14.3. The number of hydrogen-bond acceptors (Lipinski definition) is 4. The van der Waals surface area contributed by atoms with E-state index < -0.39 is 46.9 Å². The van der Waals surface area contributed by atoms with Crippen molar-refractivity contribution in [2.24, 2.45) is 7.05 Å². The molecule has 1 atom stereocenters. The fourth-order valence-corrected chi connectivity index (χ4v) is 5.82. The Labute approximate surface area is 257 Å². The van der Waals surface area contributed by atoms with Gasteiger partial charge in [0.05, 0.1) is 22.3 Å². The molecular formula is C32H24ClF5N4O3. The first-order chi connectivity index (χ1) is 21.3. The number of allylic oxidation sites excluding steroid dienone is 1. The van der Waals surface area contributed by atoms with E-state index in [0.717, 1.165) is 24.3 Å². The van der Waals surface area contributed by atoms with E-state index in [1.807, 2.05) is 0 Å². The Morgan fingerprint density at radius 3 is 2.56 bits per heavy atom. The van der Waals surface area contributed by atoms with Crippen LogP contribution in [-0.4, -0.2) is 37.6 Å². The van der Waals surface area contributed by atoms with Crippen LogP contribution in [0.2, 0.25) is 0 Å². The molecule has 0 saturated heterocycles. The number of nitrogens with zero attached hydrogens (tertiary/aromatic N) is 3. The van der Waals surface area contributed by atoms with Gasteiger partial charge >= 0.3 is 6.18 Å². The van der Waals surface area contributed by atoms with E-state index in [4.69, 9.17) is 16.3 Å². The van der Waals surface area contributed by atoms with Crippen LogP contribution in [0.5, 0.6) is 5.75 Å². The molecule has 7 nitrogen and oxygen atoms in total. The van der Waals surface area contributed by atoms with Gasteiger partial charge in [0.1, 0.15) is 34.8 Å². The third kappa shape index (κ3) is 5.12. The Balaban J connectivity index is 1.55. The predicted octanol–water partition coefficient (Wildman–Crippen LogP) is 7.39. The number of amides is 1. The minimum absolute atomic E-state index is 0.0158. The van der Waals surface area contributed by atoms with E-state index in [9.17, 15) is 31.5 Å². The van der Waals surface area contributed by atoms with Gasteiger partial charge in [-0.05, 0) is 49.7 Å². The first kappa shape index (κ1) is 30.3. The third-order valence-electron chi connectivity index (χ3n) is 7.77. The SMILES string of the molecule is Cc1nc2c3c(c(C(F)(F)F)cc2n1C)-c1cccn2c(C(=O)c4cc(F)c(NC(=O)/C=C/CCl)c(F)c4)cc(c12)CC(C)O3. The number of imidazole rings is 1. The summed E-state index contributed by atoms with van der Waals surface area (Å²) in [6, 6.07) is 7.11. The number of anilines is 1. The van der Waals surface area contributed by atoms with Crippen LogP contribution in [0.25, 0.3) is 27.7 Å². The number of nitrogens with one attached hydrogen (secondary N) is 1. The van der Waals surface area contributed by atoms with Crippen molar-refractivity contribution in [1.29, 1.82) is 0 Å². The number of ketones is 1. The second-order valence-corrected chi connectivity index (χ2v) is 11.0. The van der Waals surface area contributed by atoms with Gasteiger partial charge in [0.25, 0.3) is 0 Å². The lowest BCUT2D eigenvalue weighted by Gasteiger charge is -2.25. The van der Waals surface area contributed by atoms with Gasteiger partial charge in [0, 0.05) is 48.3 Å². The van der Waals surface area contributed by atoms with Gasteiger partial charge in [-0.3, -0.25) is 9.59 Å². The Morgan fingerprint density at radius 1 is 1.18 bits per heavy atom. The van der Waals surface area contributed by atoms with E-state index in [-0.39, 0.29) is 51.5 Å². The van der Waals surface area contributed by atoms with Crippen molar-refractivity contribution in [2.75, 3.05) is 11.2 Å². The molecule has 2 aromatic carbocycles. The number of ether oxygens (including phenoxy) is 1. The van der Waals surface area contributed by atoms with Crippen LogP contribution in [0.3, 0.4) is 0 Å². The lowest BCUT2D eigenvalue weighted by molar-refractivity contribution is -0.137. The number of alkyl halides is 4. The van der Waals surface area contributed by atoms with Gasteiger partial charge < -0.3 is 19.0 Å². The Kier molecular flexibility index (Phi) is 7.43. The highest BCUT2D eigenvalue weighted by atomic mass is 35.5. The molecule has 4 heterocycles.